The van der Waals surface area contributed by atoms with E-state index in [2.05, 4.69) is 29.6 Å². The number of hydrogen-bond donors (Lipinski definition) is 1. The lowest BCUT2D eigenvalue weighted by molar-refractivity contribution is -0.114. The van der Waals surface area contributed by atoms with Gasteiger partial charge in [-0.05, 0) is 67.8 Å². The van der Waals surface area contributed by atoms with Gasteiger partial charge in [0, 0.05) is 21.4 Å². The van der Waals surface area contributed by atoms with Crippen molar-refractivity contribution in [2.45, 2.75) is 26.8 Å². The van der Waals surface area contributed by atoms with Crippen LogP contribution in [0.4, 0.5) is 11.4 Å². The highest BCUT2D eigenvalue weighted by molar-refractivity contribution is 6.32. The normalized spacial score (nSPS) is 16.0. The van der Waals surface area contributed by atoms with Gasteiger partial charge in [0.25, 0.3) is 5.91 Å². The van der Waals surface area contributed by atoms with Gasteiger partial charge in [-0.3, -0.25) is 9.69 Å². The first-order valence-corrected chi connectivity index (χ1v) is 10.5. The van der Waals surface area contributed by atoms with E-state index in [1.807, 2.05) is 63.2 Å². The number of amides is 1. The van der Waals surface area contributed by atoms with E-state index in [9.17, 15) is 4.79 Å². The first kappa shape index (κ1) is 20.5. The summed E-state index contributed by atoms with van der Waals surface area (Å²) in [4.78, 5) is 15.2. The number of rotatable bonds is 4. The minimum Gasteiger partial charge on any atom is -0.351 e. The van der Waals surface area contributed by atoms with Gasteiger partial charge in [-0.15, -0.1) is 0 Å². The van der Waals surface area contributed by atoms with Gasteiger partial charge in [0.1, 0.15) is 5.70 Å². The molecule has 1 aliphatic heterocycles. The Balaban J connectivity index is 1.74. The van der Waals surface area contributed by atoms with E-state index in [1.165, 1.54) is 5.56 Å². The highest BCUT2D eigenvalue weighted by Gasteiger charge is 2.35. The molecule has 3 aromatic carbocycles. The standard InChI is InChI=1S/C25H22Cl2N2O/c1-15-4-8-18(9-5-15)24-14-23(28-19-10-6-16(2)21(26)12-19)25(30)29(24)20-11-7-17(3)22(27)13-20/h4-14,24,28H,1-3H3/t24-/m0/s1. The van der Waals surface area contributed by atoms with Crippen LogP contribution in [0.5, 0.6) is 0 Å². The maximum atomic E-state index is 13.4. The Morgan fingerprint density at radius 1 is 0.833 bits per heavy atom. The first-order valence-electron chi connectivity index (χ1n) is 9.75. The predicted octanol–water partition coefficient (Wildman–Crippen LogP) is 7.00. The molecule has 30 heavy (non-hydrogen) atoms. The summed E-state index contributed by atoms with van der Waals surface area (Å²) >= 11 is 12.6. The summed E-state index contributed by atoms with van der Waals surface area (Å²) in [6.45, 7) is 5.94. The summed E-state index contributed by atoms with van der Waals surface area (Å²) in [6, 6.07) is 19.4. The summed E-state index contributed by atoms with van der Waals surface area (Å²) in [6.07, 6.45) is 1.95. The highest BCUT2D eigenvalue weighted by atomic mass is 35.5. The van der Waals surface area contributed by atoms with Crippen LogP contribution in [-0.2, 0) is 4.79 Å². The van der Waals surface area contributed by atoms with E-state index in [-0.39, 0.29) is 11.9 Å². The Kier molecular flexibility index (Phi) is 5.59. The Morgan fingerprint density at radius 3 is 2.10 bits per heavy atom. The number of halogens is 2. The number of carbonyl (C=O) groups excluding carboxylic acids is 1. The Bertz CT molecular complexity index is 1150. The number of carbonyl (C=O) groups is 1. The van der Waals surface area contributed by atoms with Crippen molar-refractivity contribution in [3.63, 3.8) is 0 Å². The number of aryl methyl sites for hydroxylation is 3. The quantitative estimate of drug-likeness (QED) is 0.477. The Labute approximate surface area is 186 Å². The Morgan fingerprint density at radius 2 is 1.47 bits per heavy atom. The molecule has 0 saturated heterocycles. The molecule has 5 heteroatoms. The monoisotopic (exact) mass is 436 g/mol. The van der Waals surface area contributed by atoms with Crippen molar-refractivity contribution in [3.8, 4) is 0 Å². The lowest BCUT2D eigenvalue weighted by Crippen LogP contribution is -2.30. The third kappa shape index (κ3) is 3.96. The summed E-state index contributed by atoms with van der Waals surface area (Å²) in [5.74, 6) is -0.114. The van der Waals surface area contributed by atoms with Crippen LogP contribution in [0.15, 0.2) is 72.4 Å². The molecule has 0 aromatic heterocycles. The van der Waals surface area contributed by atoms with Crippen molar-refractivity contribution in [3.05, 3.63) is 105 Å². The van der Waals surface area contributed by atoms with Crippen LogP contribution in [0.2, 0.25) is 10.0 Å². The SMILES string of the molecule is Cc1ccc([C@@H]2C=C(Nc3ccc(C)c(Cl)c3)C(=O)N2c2ccc(C)c(Cl)c2)cc1. The lowest BCUT2D eigenvalue weighted by Gasteiger charge is -2.26. The van der Waals surface area contributed by atoms with Gasteiger partial charge in [0.15, 0.2) is 0 Å². The van der Waals surface area contributed by atoms with Gasteiger partial charge >= 0.3 is 0 Å². The molecule has 152 valence electrons. The van der Waals surface area contributed by atoms with Gasteiger partial charge in [0.2, 0.25) is 0 Å². The lowest BCUT2D eigenvalue weighted by atomic mass is 10.0. The molecule has 3 nitrogen and oxygen atoms in total. The number of anilines is 2. The van der Waals surface area contributed by atoms with E-state index >= 15 is 0 Å². The second kappa shape index (κ2) is 8.17. The number of nitrogens with one attached hydrogen (secondary N) is 1. The molecule has 1 heterocycles. The minimum absolute atomic E-state index is 0.114. The van der Waals surface area contributed by atoms with Crippen molar-refractivity contribution in [1.29, 1.82) is 0 Å². The first-order chi connectivity index (χ1) is 14.3. The van der Waals surface area contributed by atoms with Crippen molar-refractivity contribution in [1.82, 2.24) is 0 Å². The maximum Gasteiger partial charge on any atom is 0.275 e. The minimum atomic E-state index is -0.236. The molecule has 0 bridgehead atoms. The third-order valence-corrected chi connectivity index (χ3v) is 6.17. The van der Waals surface area contributed by atoms with Crippen LogP contribution in [0.1, 0.15) is 28.3 Å². The summed E-state index contributed by atoms with van der Waals surface area (Å²) in [5.41, 5.74) is 6.21. The number of nitrogens with zero attached hydrogens (tertiary/aromatic N) is 1. The molecular weight excluding hydrogens is 415 g/mol. The fourth-order valence-corrected chi connectivity index (χ4v) is 3.85. The van der Waals surface area contributed by atoms with Crippen molar-refractivity contribution in [2.75, 3.05) is 10.2 Å². The number of benzene rings is 3. The van der Waals surface area contributed by atoms with E-state index in [1.54, 1.807) is 4.90 Å². The number of hydrogen-bond acceptors (Lipinski definition) is 2. The molecule has 0 fully saturated rings. The second-order valence-corrected chi connectivity index (χ2v) is 8.45. The molecule has 0 unspecified atom stereocenters. The van der Waals surface area contributed by atoms with E-state index in [0.29, 0.717) is 15.7 Å². The third-order valence-electron chi connectivity index (χ3n) is 5.36. The molecular formula is C25H22Cl2N2O. The fourth-order valence-electron chi connectivity index (χ4n) is 3.50. The Hall–Kier alpha value is -2.75. The van der Waals surface area contributed by atoms with E-state index < -0.39 is 0 Å². The molecule has 0 aliphatic carbocycles. The molecule has 0 spiro atoms. The van der Waals surface area contributed by atoms with Gasteiger partial charge in [-0.25, -0.2) is 0 Å². The van der Waals surface area contributed by atoms with Crippen molar-refractivity contribution in [2.24, 2.45) is 0 Å². The zero-order chi connectivity index (χ0) is 21.4. The van der Waals surface area contributed by atoms with E-state index in [4.69, 9.17) is 23.2 Å². The van der Waals surface area contributed by atoms with Crippen molar-refractivity contribution < 1.29 is 4.79 Å². The summed E-state index contributed by atoms with van der Waals surface area (Å²) < 4.78 is 0. The molecule has 0 radical (unpaired) electrons. The largest absolute Gasteiger partial charge is 0.351 e. The second-order valence-electron chi connectivity index (χ2n) is 7.63. The summed E-state index contributed by atoms with van der Waals surface area (Å²) in [7, 11) is 0. The predicted molar refractivity (Wildman–Crippen MR) is 125 cm³/mol. The molecule has 0 saturated carbocycles. The zero-order valence-electron chi connectivity index (χ0n) is 17.0. The van der Waals surface area contributed by atoms with Gasteiger partial charge in [0.05, 0.1) is 6.04 Å². The van der Waals surface area contributed by atoms with Crippen molar-refractivity contribution >= 4 is 40.5 Å². The van der Waals surface area contributed by atoms with Crippen LogP contribution in [0, 0.1) is 20.8 Å². The molecule has 4 rings (SSSR count). The molecule has 1 amide bonds. The average Bonchev–Trinajstić information content (AvgIpc) is 3.04. The topological polar surface area (TPSA) is 32.3 Å². The molecule has 1 atom stereocenters. The molecule has 1 aliphatic rings. The van der Waals surface area contributed by atoms with Gasteiger partial charge in [-0.2, -0.15) is 0 Å². The van der Waals surface area contributed by atoms with Crippen LogP contribution in [0.25, 0.3) is 0 Å². The zero-order valence-corrected chi connectivity index (χ0v) is 18.6. The maximum absolute atomic E-state index is 13.4. The van der Waals surface area contributed by atoms with Crippen LogP contribution in [0.3, 0.4) is 0 Å². The van der Waals surface area contributed by atoms with Crippen LogP contribution < -0.4 is 10.2 Å². The fraction of sp³-hybridized carbons (Fsp3) is 0.160. The highest BCUT2D eigenvalue weighted by Crippen LogP contribution is 2.37. The molecule has 1 N–H and O–H groups in total. The van der Waals surface area contributed by atoms with Crippen LogP contribution in [-0.4, -0.2) is 5.91 Å². The van der Waals surface area contributed by atoms with Gasteiger partial charge < -0.3 is 5.32 Å². The average molecular weight is 437 g/mol. The molecule has 3 aromatic rings. The van der Waals surface area contributed by atoms with Crippen LogP contribution >= 0.6 is 23.2 Å². The summed E-state index contributed by atoms with van der Waals surface area (Å²) in [5, 5.41) is 4.54. The van der Waals surface area contributed by atoms with E-state index in [0.717, 1.165) is 28.1 Å². The van der Waals surface area contributed by atoms with Gasteiger partial charge in [-0.1, -0.05) is 65.2 Å². The smallest absolute Gasteiger partial charge is 0.275 e.